The number of hydrogen-bond donors (Lipinski definition) is 4. The molecular weight excluding hydrogens is 336 g/mol. The molecule has 140 valence electrons. The molecule has 0 saturated heterocycles. The van der Waals surface area contributed by atoms with E-state index in [4.69, 9.17) is 15.1 Å². The van der Waals surface area contributed by atoms with E-state index in [1.807, 2.05) is 0 Å². The molecule has 0 spiro atoms. The van der Waals surface area contributed by atoms with Crippen LogP contribution >= 0.6 is 0 Å². The van der Waals surface area contributed by atoms with Crippen LogP contribution in [0.3, 0.4) is 0 Å². The van der Waals surface area contributed by atoms with Crippen molar-refractivity contribution in [2.45, 2.75) is 33.4 Å². The second-order valence-electron chi connectivity index (χ2n) is 5.44. The summed E-state index contributed by atoms with van der Waals surface area (Å²) in [7, 11) is 0. The van der Waals surface area contributed by atoms with E-state index >= 15 is 0 Å². The smallest absolute Gasteiger partial charge is 0.379 e. The first-order valence-corrected chi connectivity index (χ1v) is 7.48. The molecule has 10 heteroatoms. The van der Waals surface area contributed by atoms with Crippen molar-refractivity contribution in [3.63, 3.8) is 0 Å². The zero-order chi connectivity index (χ0) is 19.1. The van der Waals surface area contributed by atoms with Crippen molar-refractivity contribution >= 4 is 5.97 Å². The third-order valence-electron chi connectivity index (χ3n) is 3.51. The molecule has 4 N–H and O–H groups in total. The Bertz CT molecular complexity index is 697. The molecule has 0 unspecified atom stereocenters. The first-order valence-electron chi connectivity index (χ1n) is 7.48. The van der Waals surface area contributed by atoms with Crippen LogP contribution in [-0.2, 0) is 21.1 Å². The Morgan fingerprint density at radius 3 is 2.52 bits per heavy atom. The Morgan fingerprint density at radius 2 is 2.00 bits per heavy atom. The molecule has 0 aliphatic heterocycles. The molecule has 1 rings (SSSR count). The third kappa shape index (κ3) is 5.55. The summed E-state index contributed by atoms with van der Waals surface area (Å²) in [5, 5.41) is 37.2. The molecule has 1 heterocycles. The van der Waals surface area contributed by atoms with Gasteiger partial charge in [-0.3, -0.25) is 4.57 Å². The van der Waals surface area contributed by atoms with Crippen LogP contribution in [0.5, 0.6) is 0 Å². The molecule has 0 fully saturated rings. The molecule has 0 radical (unpaired) electrons. The Balaban J connectivity index is 2.75. The second-order valence-corrected chi connectivity index (χ2v) is 5.44. The van der Waals surface area contributed by atoms with Crippen LogP contribution in [0.1, 0.15) is 18.3 Å². The highest BCUT2D eigenvalue weighted by molar-refractivity contribution is 5.84. The van der Waals surface area contributed by atoms with Crippen LogP contribution in [0.25, 0.3) is 0 Å². The number of aromatic nitrogens is 2. The summed E-state index contributed by atoms with van der Waals surface area (Å²) in [6.07, 6.45) is -1.36. The van der Waals surface area contributed by atoms with Gasteiger partial charge in [-0.2, -0.15) is 9.87 Å². The van der Waals surface area contributed by atoms with E-state index in [1.54, 1.807) is 19.9 Å². The van der Waals surface area contributed by atoms with Gasteiger partial charge in [0.15, 0.2) is 5.76 Å². The number of carboxylic acids is 1. The molecule has 2 atom stereocenters. The predicted octanol–water partition coefficient (Wildman–Crippen LogP) is -0.348. The average Bonchev–Trinajstić information content (AvgIpc) is 2.54. The monoisotopic (exact) mass is 358 g/mol. The summed E-state index contributed by atoms with van der Waals surface area (Å²) in [6, 6.07) is 1.70. The summed E-state index contributed by atoms with van der Waals surface area (Å²) in [4.78, 5) is 36.0. The van der Waals surface area contributed by atoms with E-state index in [2.05, 4.69) is 9.87 Å². The van der Waals surface area contributed by atoms with Crippen molar-refractivity contribution in [2.75, 3.05) is 13.2 Å². The summed E-state index contributed by atoms with van der Waals surface area (Å²) >= 11 is 0. The predicted molar refractivity (Wildman–Crippen MR) is 84.6 cm³/mol. The van der Waals surface area contributed by atoms with Gasteiger partial charge in [-0.1, -0.05) is 6.92 Å². The molecule has 0 aromatic carbocycles. The lowest BCUT2D eigenvalue weighted by Crippen LogP contribution is -2.28. The average molecular weight is 358 g/mol. The van der Waals surface area contributed by atoms with Gasteiger partial charge in [0.1, 0.15) is 6.61 Å². The molecule has 10 nitrogen and oxygen atoms in total. The molecule has 0 aliphatic carbocycles. The largest absolute Gasteiger partial charge is 0.508 e. The fourth-order valence-corrected chi connectivity index (χ4v) is 2.01. The van der Waals surface area contributed by atoms with E-state index in [0.717, 1.165) is 0 Å². The minimum absolute atomic E-state index is 0.0560. The van der Waals surface area contributed by atoms with Gasteiger partial charge in [0.2, 0.25) is 0 Å². The van der Waals surface area contributed by atoms with Gasteiger partial charge in [0, 0.05) is 17.3 Å². The minimum Gasteiger partial charge on any atom is -0.508 e. The minimum atomic E-state index is -1.61. The number of nitrogens with zero attached hydrogens (tertiary/aromatic N) is 2. The first-order chi connectivity index (χ1) is 11.7. The fraction of sp³-hybridized carbons (Fsp3) is 0.533. The fourth-order valence-electron chi connectivity index (χ4n) is 2.01. The number of rotatable bonds is 9. The van der Waals surface area contributed by atoms with E-state index < -0.39 is 41.8 Å². The van der Waals surface area contributed by atoms with E-state index in [0.29, 0.717) is 11.4 Å². The lowest BCUT2D eigenvalue weighted by atomic mass is 10.0. The Hall–Kier alpha value is -2.43. The summed E-state index contributed by atoms with van der Waals surface area (Å²) in [6.45, 7) is 3.91. The number of aryl methyl sites for hydroxylation is 2. The highest BCUT2D eigenvalue weighted by Gasteiger charge is 2.26. The first kappa shape index (κ1) is 20.6. The standard InChI is InChI=1S/C15H22N2O8/c1-8-6-9(2)17(15(23)16-8)4-5-24-25-13(14(21)22)12(20)10(3)11(19)7-18/h6,10-11,18-20H,4-5,7H2,1-3H3,(H,21,22)/b13-12-/t10-,11+/m1/s1. The van der Waals surface area contributed by atoms with Crippen LogP contribution in [0.2, 0.25) is 0 Å². The van der Waals surface area contributed by atoms with E-state index in [1.165, 1.54) is 11.5 Å². The van der Waals surface area contributed by atoms with Gasteiger partial charge >= 0.3 is 11.7 Å². The molecule has 1 aromatic rings. The van der Waals surface area contributed by atoms with Crippen LogP contribution in [0.15, 0.2) is 22.4 Å². The number of carboxylic acid groups (broad SMARTS) is 1. The molecule has 1 aromatic heterocycles. The summed E-state index contributed by atoms with van der Waals surface area (Å²) < 4.78 is 1.32. The van der Waals surface area contributed by atoms with Gasteiger partial charge in [0.25, 0.3) is 5.76 Å². The van der Waals surface area contributed by atoms with Gasteiger partial charge < -0.3 is 25.3 Å². The quantitative estimate of drug-likeness (QED) is 0.153. The van der Waals surface area contributed by atoms with Crippen molar-refractivity contribution < 1.29 is 35.0 Å². The van der Waals surface area contributed by atoms with E-state index in [-0.39, 0.29) is 13.2 Å². The van der Waals surface area contributed by atoms with Crippen molar-refractivity contribution in [1.82, 2.24) is 9.55 Å². The molecule has 0 bridgehead atoms. The number of hydrogen-bond acceptors (Lipinski definition) is 8. The molecule has 0 saturated carbocycles. The normalized spacial score (nSPS) is 14.6. The van der Waals surface area contributed by atoms with Crippen LogP contribution in [0, 0.1) is 19.8 Å². The van der Waals surface area contributed by atoms with Crippen molar-refractivity contribution in [3.8, 4) is 0 Å². The van der Waals surface area contributed by atoms with Crippen LogP contribution in [0.4, 0.5) is 0 Å². The van der Waals surface area contributed by atoms with Gasteiger partial charge in [-0.15, -0.1) is 0 Å². The van der Waals surface area contributed by atoms with Gasteiger partial charge in [-0.05, 0) is 19.9 Å². The van der Waals surface area contributed by atoms with Crippen LogP contribution < -0.4 is 5.69 Å². The van der Waals surface area contributed by atoms with Gasteiger partial charge in [0.05, 0.1) is 19.3 Å². The number of aliphatic carboxylic acids is 1. The molecular formula is C15H22N2O8. The third-order valence-corrected chi connectivity index (χ3v) is 3.51. The Labute approximate surface area is 143 Å². The maximum atomic E-state index is 11.8. The maximum absolute atomic E-state index is 11.8. The number of aliphatic hydroxyl groups is 3. The molecule has 0 amide bonds. The van der Waals surface area contributed by atoms with Crippen molar-refractivity contribution in [1.29, 1.82) is 0 Å². The lowest BCUT2D eigenvalue weighted by Gasteiger charge is -2.17. The lowest BCUT2D eigenvalue weighted by molar-refractivity contribution is -0.267. The highest BCUT2D eigenvalue weighted by Crippen LogP contribution is 2.18. The van der Waals surface area contributed by atoms with Crippen molar-refractivity contribution in [3.05, 3.63) is 39.5 Å². The summed E-state index contributed by atoms with van der Waals surface area (Å²) in [5.74, 6) is -4.38. The Kier molecular flexibility index (Phi) is 7.55. The second kappa shape index (κ2) is 9.16. The summed E-state index contributed by atoms with van der Waals surface area (Å²) in [5.41, 5.74) is 0.753. The number of carbonyl (C=O) groups is 1. The molecule has 25 heavy (non-hydrogen) atoms. The van der Waals surface area contributed by atoms with Gasteiger partial charge in [-0.25, -0.2) is 9.59 Å². The van der Waals surface area contributed by atoms with E-state index in [9.17, 15) is 19.8 Å². The zero-order valence-electron chi connectivity index (χ0n) is 14.2. The molecule has 0 aliphatic rings. The Morgan fingerprint density at radius 1 is 1.36 bits per heavy atom. The topological polar surface area (TPSA) is 151 Å². The van der Waals surface area contributed by atoms with Crippen molar-refractivity contribution in [2.24, 2.45) is 5.92 Å². The number of aliphatic hydroxyl groups excluding tert-OH is 3. The van der Waals surface area contributed by atoms with Crippen LogP contribution in [-0.4, -0.2) is 55.3 Å². The zero-order valence-corrected chi connectivity index (χ0v) is 14.2. The highest BCUT2D eigenvalue weighted by atomic mass is 17.2. The SMILES string of the molecule is Cc1cc(C)n(CCOO/C(C(=O)O)=C(\O)[C@H](C)[C@@H](O)CO)c(=O)n1. The maximum Gasteiger partial charge on any atom is 0.379 e.